The van der Waals surface area contributed by atoms with Crippen LogP contribution in [0.3, 0.4) is 0 Å². The third-order valence-electron chi connectivity index (χ3n) is 2.79. The Labute approximate surface area is 81.4 Å². The highest BCUT2D eigenvalue weighted by molar-refractivity contribution is 5.89. The van der Waals surface area contributed by atoms with Crippen LogP contribution in [0.2, 0.25) is 0 Å². The van der Waals surface area contributed by atoms with Gasteiger partial charge in [0.25, 0.3) is 0 Å². The van der Waals surface area contributed by atoms with E-state index in [4.69, 9.17) is 5.11 Å². The molecule has 1 N–H and O–H groups in total. The molecule has 0 unspecified atom stereocenters. The lowest BCUT2D eigenvalue weighted by molar-refractivity contribution is 0.0541. The van der Waals surface area contributed by atoms with Gasteiger partial charge in [-0.05, 0) is 25.3 Å². The summed E-state index contributed by atoms with van der Waals surface area (Å²) in [6.07, 6.45) is 1.72. The molecule has 0 amide bonds. The van der Waals surface area contributed by atoms with Crippen LogP contribution in [-0.4, -0.2) is 11.1 Å². The fourth-order valence-electron chi connectivity index (χ4n) is 1.82. The quantitative estimate of drug-likeness (QED) is 0.785. The highest BCUT2D eigenvalue weighted by Crippen LogP contribution is 2.46. The van der Waals surface area contributed by atoms with Gasteiger partial charge in [0, 0.05) is 5.56 Å². The number of carboxylic acid groups (broad SMARTS) is 1. The number of carbonyl (C=O) groups is 1. The molecule has 0 spiro atoms. The summed E-state index contributed by atoms with van der Waals surface area (Å²) >= 11 is 0. The van der Waals surface area contributed by atoms with Gasteiger partial charge in [-0.15, -0.1) is 0 Å². The van der Waals surface area contributed by atoms with Crippen molar-refractivity contribution in [3.63, 3.8) is 0 Å². The van der Waals surface area contributed by atoms with Gasteiger partial charge in [0.1, 0.15) is 5.67 Å². The second kappa shape index (κ2) is 3.08. The topological polar surface area (TPSA) is 37.3 Å². The van der Waals surface area contributed by atoms with E-state index in [1.165, 1.54) is 6.07 Å². The largest absolute Gasteiger partial charge is 0.478 e. The molecule has 74 valence electrons. The van der Waals surface area contributed by atoms with E-state index in [1.807, 2.05) is 0 Å². The third-order valence-corrected chi connectivity index (χ3v) is 2.79. The first kappa shape index (κ1) is 9.19. The van der Waals surface area contributed by atoms with Crippen molar-refractivity contribution in [3.05, 3.63) is 35.4 Å². The third kappa shape index (κ3) is 1.29. The van der Waals surface area contributed by atoms with Crippen LogP contribution in [-0.2, 0) is 5.67 Å². The van der Waals surface area contributed by atoms with E-state index < -0.39 is 11.6 Å². The Kier molecular flexibility index (Phi) is 2.02. The summed E-state index contributed by atoms with van der Waals surface area (Å²) in [5.74, 6) is -1.05. The van der Waals surface area contributed by atoms with Crippen LogP contribution in [0.4, 0.5) is 4.39 Å². The van der Waals surface area contributed by atoms with Gasteiger partial charge in [0.15, 0.2) is 0 Å². The summed E-state index contributed by atoms with van der Waals surface area (Å²) in [6, 6.07) is 6.33. The SMILES string of the molecule is O=C(O)c1ccccc1C1(F)CCC1. The standard InChI is InChI=1S/C11H11FO2/c12-11(6-3-7-11)9-5-2-1-4-8(9)10(13)14/h1-2,4-5H,3,6-7H2,(H,13,14). The van der Waals surface area contributed by atoms with Crippen LogP contribution in [0.5, 0.6) is 0 Å². The Bertz CT molecular complexity index is 369. The molecule has 0 saturated heterocycles. The molecule has 0 aromatic heterocycles. The Hall–Kier alpha value is -1.38. The molecule has 2 rings (SSSR count). The van der Waals surface area contributed by atoms with Gasteiger partial charge in [-0.2, -0.15) is 0 Å². The molecule has 0 bridgehead atoms. The lowest BCUT2D eigenvalue weighted by Crippen LogP contribution is -2.30. The molecule has 0 atom stereocenters. The average molecular weight is 194 g/mol. The molecule has 1 saturated carbocycles. The zero-order valence-corrected chi connectivity index (χ0v) is 7.66. The Morgan fingerprint density at radius 3 is 2.50 bits per heavy atom. The summed E-state index contributed by atoms with van der Waals surface area (Å²) in [6.45, 7) is 0. The minimum atomic E-state index is -1.39. The molecule has 1 aromatic rings. The Morgan fingerprint density at radius 1 is 1.36 bits per heavy atom. The zero-order valence-electron chi connectivity index (χ0n) is 7.66. The van der Waals surface area contributed by atoms with Gasteiger partial charge >= 0.3 is 5.97 Å². The molecule has 1 aliphatic carbocycles. The van der Waals surface area contributed by atoms with E-state index in [9.17, 15) is 9.18 Å². The number of benzene rings is 1. The predicted molar refractivity (Wildman–Crippen MR) is 50.0 cm³/mol. The number of rotatable bonds is 2. The number of aromatic carboxylic acids is 1. The van der Waals surface area contributed by atoms with Crippen LogP contribution in [0.1, 0.15) is 35.2 Å². The smallest absolute Gasteiger partial charge is 0.336 e. The highest BCUT2D eigenvalue weighted by Gasteiger charge is 2.41. The lowest BCUT2D eigenvalue weighted by atomic mass is 9.75. The van der Waals surface area contributed by atoms with Gasteiger partial charge < -0.3 is 5.11 Å². The van der Waals surface area contributed by atoms with Crippen molar-refractivity contribution >= 4 is 5.97 Å². The fourth-order valence-corrected chi connectivity index (χ4v) is 1.82. The highest BCUT2D eigenvalue weighted by atomic mass is 19.1. The van der Waals surface area contributed by atoms with Crippen molar-refractivity contribution in [2.45, 2.75) is 24.9 Å². The maximum atomic E-state index is 14.0. The van der Waals surface area contributed by atoms with Crippen molar-refractivity contribution < 1.29 is 14.3 Å². The summed E-state index contributed by atoms with van der Waals surface area (Å²) in [4.78, 5) is 10.8. The average Bonchev–Trinajstić information content (AvgIpc) is 2.14. The minimum Gasteiger partial charge on any atom is -0.478 e. The molecule has 0 heterocycles. The van der Waals surface area contributed by atoms with E-state index in [1.54, 1.807) is 18.2 Å². The number of alkyl halides is 1. The fraction of sp³-hybridized carbons (Fsp3) is 0.364. The van der Waals surface area contributed by atoms with Crippen molar-refractivity contribution in [1.82, 2.24) is 0 Å². The Balaban J connectivity index is 2.46. The van der Waals surface area contributed by atoms with Crippen molar-refractivity contribution in [2.24, 2.45) is 0 Å². The zero-order chi connectivity index (χ0) is 10.2. The van der Waals surface area contributed by atoms with Gasteiger partial charge in [0.05, 0.1) is 5.56 Å². The van der Waals surface area contributed by atoms with E-state index in [2.05, 4.69) is 0 Å². The van der Waals surface area contributed by atoms with Gasteiger partial charge in [0.2, 0.25) is 0 Å². The van der Waals surface area contributed by atoms with E-state index in [0.29, 0.717) is 18.4 Å². The van der Waals surface area contributed by atoms with Crippen molar-refractivity contribution in [2.75, 3.05) is 0 Å². The van der Waals surface area contributed by atoms with E-state index in [0.717, 1.165) is 6.42 Å². The molecule has 2 nitrogen and oxygen atoms in total. The number of hydrogen-bond donors (Lipinski definition) is 1. The summed E-state index contributed by atoms with van der Waals surface area (Å²) in [7, 11) is 0. The van der Waals surface area contributed by atoms with Crippen LogP contribution in [0, 0.1) is 0 Å². The molecule has 3 heteroatoms. The van der Waals surface area contributed by atoms with E-state index >= 15 is 0 Å². The first-order valence-electron chi connectivity index (χ1n) is 4.65. The molecule has 14 heavy (non-hydrogen) atoms. The van der Waals surface area contributed by atoms with Gasteiger partial charge in [-0.3, -0.25) is 0 Å². The second-order valence-electron chi connectivity index (χ2n) is 3.67. The molecule has 1 fully saturated rings. The lowest BCUT2D eigenvalue weighted by Gasteiger charge is -2.35. The molecule has 1 aliphatic rings. The summed E-state index contributed by atoms with van der Waals surface area (Å²) in [5.41, 5.74) is -0.969. The molecular weight excluding hydrogens is 183 g/mol. The van der Waals surface area contributed by atoms with Crippen LogP contribution in [0.15, 0.2) is 24.3 Å². The minimum absolute atomic E-state index is 0.0923. The van der Waals surface area contributed by atoms with Crippen LogP contribution < -0.4 is 0 Å². The van der Waals surface area contributed by atoms with Gasteiger partial charge in [-0.25, -0.2) is 9.18 Å². The molecular formula is C11H11FO2. The van der Waals surface area contributed by atoms with Crippen molar-refractivity contribution in [1.29, 1.82) is 0 Å². The molecule has 1 aromatic carbocycles. The second-order valence-corrected chi connectivity index (χ2v) is 3.67. The van der Waals surface area contributed by atoms with Crippen molar-refractivity contribution in [3.8, 4) is 0 Å². The normalized spacial score (nSPS) is 18.6. The summed E-state index contributed by atoms with van der Waals surface area (Å²) in [5, 5.41) is 8.88. The predicted octanol–water partition coefficient (Wildman–Crippen LogP) is 2.73. The summed E-state index contributed by atoms with van der Waals surface area (Å²) < 4.78 is 14.0. The maximum absolute atomic E-state index is 14.0. The van der Waals surface area contributed by atoms with Crippen LogP contribution in [0.25, 0.3) is 0 Å². The van der Waals surface area contributed by atoms with E-state index in [-0.39, 0.29) is 5.56 Å². The molecule has 0 radical (unpaired) electrons. The maximum Gasteiger partial charge on any atom is 0.336 e. The number of halogens is 1. The first-order valence-corrected chi connectivity index (χ1v) is 4.65. The van der Waals surface area contributed by atoms with Gasteiger partial charge in [-0.1, -0.05) is 18.2 Å². The molecule has 0 aliphatic heterocycles. The van der Waals surface area contributed by atoms with Crippen LogP contribution >= 0.6 is 0 Å². The number of hydrogen-bond acceptors (Lipinski definition) is 1. The monoisotopic (exact) mass is 194 g/mol. The number of carboxylic acids is 1. The Morgan fingerprint density at radius 2 is 2.00 bits per heavy atom. The first-order chi connectivity index (χ1) is 6.63.